The summed E-state index contributed by atoms with van der Waals surface area (Å²) in [6, 6.07) is 0.152. The Labute approximate surface area is 106 Å². The van der Waals surface area contributed by atoms with Crippen molar-refractivity contribution in [3.8, 4) is 0 Å². The van der Waals surface area contributed by atoms with Gasteiger partial charge in [-0.1, -0.05) is 0 Å². The maximum absolute atomic E-state index is 12.0. The van der Waals surface area contributed by atoms with Crippen molar-refractivity contribution in [1.82, 2.24) is 15.1 Å². The monoisotopic (exact) mass is 253 g/mol. The Morgan fingerprint density at radius 2 is 2.00 bits per heavy atom. The normalized spacial score (nSPS) is 11.7. The van der Waals surface area contributed by atoms with Crippen LogP contribution in [0, 0.1) is 6.92 Å². The third-order valence-corrected chi connectivity index (χ3v) is 2.74. The van der Waals surface area contributed by atoms with E-state index < -0.39 is 17.4 Å². The second-order valence-corrected chi connectivity index (χ2v) is 5.07. The molecule has 0 saturated heterocycles. The number of hydrogen-bond donors (Lipinski definition) is 2. The predicted octanol–water partition coefficient (Wildman–Crippen LogP) is 1.37. The van der Waals surface area contributed by atoms with Gasteiger partial charge in [-0.05, 0) is 34.6 Å². The summed E-state index contributed by atoms with van der Waals surface area (Å²) in [7, 11) is 0. The Morgan fingerprint density at radius 1 is 1.44 bits per heavy atom. The van der Waals surface area contributed by atoms with Gasteiger partial charge in [0, 0.05) is 11.7 Å². The lowest BCUT2D eigenvalue weighted by atomic mass is 10.1. The molecule has 6 nitrogen and oxygen atoms in total. The van der Waals surface area contributed by atoms with E-state index in [9.17, 15) is 9.59 Å². The summed E-state index contributed by atoms with van der Waals surface area (Å²) in [5.74, 6) is -1.50. The quantitative estimate of drug-likeness (QED) is 0.848. The molecule has 100 valence electrons. The SMILES string of the molecule is Cc1c(C(=O)NC(C)(C)C(=O)O)cnn1C(C)C. The molecule has 1 heterocycles. The van der Waals surface area contributed by atoms with Gasteiger partial charge in [0.15, 0.2) is 0 Å². The first kappa shape index (κ1) is 14.2. The molecule has 0 aliphatic carbocycles. The van der Waals surface area contributed by atoms with E-state index in [1.54, 1.807) is 11.6 Å². The molecular formula is C12H19N3O3. The Hall–Kier alpha value is -1.85. The van der Waals surface area contributed by atoms with Gasteiger partial charge in [0.2, 0.25) is 0 Å². The van der Waals surface area contributed by atoms with E-state index in [1.807, 2.05) is 13.8 Å². The maximum Gasteiger partial charge on any atom is 0.328 e. The van der Waals surface area contributed by atoms with E-state index in [0.717, 1.165) is 5.69 Å². The number of carbonyl (C=O) groups excluding carboxylic acids is 1. The number of carboxylic acid groups (broad SMARTS) is 1. The summed E-state index contributed by atoms with van der Waals surface area (Å²) >= 11 is 0. The van der Waals surface area contributed by atoms with E-state index in [0.29, 0.717) is 5.56 Å². The number of nitrogens with zero attached hydrogens (tertiary/aromatic N) is 2. The molecule has 6 heteroatoms. The molecule has 0 radical (unpaired) electrons. The number of amides is 1. The summed E-state index contributed by atoms with van der Waals surface area (Å²) in [4.78, 5) is 22.9. The molecule has 0 fully saturated rings. The van der Waals surface area contributed by atoms with Gasteiger partial charge in [0.1, 0.15) is 5.54 Å². The van der Waals surface area contributed by atoms with Crippen LogP contribution in [0.2, 0.25) is 0 Å². The summed E-state index contributed by atoms with van der Waals surface area (Å²) in [5.41, 5.74) is -0.176. The molecule has 0 aliphatic rings. The number of aromatic nitrogens is 2. The fourth-order valence-electron chi connectivity index (χ4n) is 1.57. The van der Waals surface area contributed by atoms with Gasteiger partial charge in [0.05, 0.1) is 11.8 Å². The lowest BCUT2D eigenvalue weighted by Gasteiger charge is -2.20. The fourth-order valence-corrected chi connectivity index (χ4v) is 1.57. The van der Waals surface area contributed by atoms with E-state index in [4.69, 9.17) is 5.11 Å². The summed E-state index contributed by atoms with van der Waals surface area (Å²) in [6.07, 6.45) is 1.46. The summed E-state index contributed by atoms with van der Waals surface area (Å²) in [6.45, 7) is 8.59. The third kappa shape index (κ3) is 2.69. The van der Waals surface area contributed by atoms with Crippen molar-refractivity contribution in [3.05, 3.63) is 17.5 Å². The van der Waals surface area contributed by atoms with E-state index >= 15 is 0 Å². The number of carbonyl (C=O) groups is 2. The van der Waals surface area contributed by atoms with Crippen LogP contribution in [0.1, 0.15) is 49.8 Å². The predicted molar refractivity (Wildman–Crippen MR) is 66.5 cm³/mol. The topological polar surface area (TPSA) is 84.2 Å². The zero-order valence-electron chi connectivity index (χ0n) is 11.3. The highest BCUT2D eigenvalue weighted by Gasteiger charge is 2.30. The Balaban J connectivity index is 2.96. The highest BCUT2D eigenvalue weighted by atomic mass is 16.4. The minimum Gasteiger partial charge on any atom is -0.480 e. The van der Waals surface area contributed by atoms with Crippen molar-refractivity contribution >= 4 is 11.9 Å². The molecule has 2 N–H and O–H groups in total. The fraction of sp³-hybridized carbons (Fsp3) is 0.583. The number of carboxylic acids is 1. The molecule has 1 amide bonds. The molecule has 0 aromatic carbocycles. The smallest absolute Gasteiger partial charge is 0.328 e. The van der Waals surface area contributed by atoms with Crippen LogP contribution < -0.4 is 5.32 Å². The first-order valence-corrected chi connectivity index (χ1v) is 5.77. The Morgan fingerprint density at radius 3 is 2.39 bits per heavy atom. The van der Waals surface area contributed by atoms with Crippen molar-refractivity contribution in [2.24, 2.45) is 0 Å². The second-order valence-electron chi connectivity index (χ2n) is 5.07. The minimum absolute atomic E-state index is 0.152. The van der Waals surface area contributed by atoms with Gasteiger partial charge < -0.3 is 10.4 Å². The lowest BCUT2D eigenvalue weighted by Crippen LogP contribution is -2.49. The van der Waals surface area contributed by atoms with Crippen LogP contribution >= 0.6 is 0 Å². The molecule has 0 saturated carbocycles. The van der Waals surface area contributed by atoms with Crippen molar-refractivity contribution in [2.75, 3.05) is 0 Å². The molecule has 0 atom stereocenters. The van der Waals surface area contributed by atoms with Crippen LogP contribution in [0.25, 0.3) is 0 Å². The second kappa shape index (κ2) is 4.80. The van der Waals surface area contributed by atoms with Gasteiger partial charge in [-0.25, -0.2) is 4.79 Å². The van der Waals surface area contributed by atoms with Crippen LogP contribution in [0.4, 0.5) is 0 Å². The molecule has 0 spiro atoms. The van der Waals surface area contributed by atoms with Gasteiger partial charge in [-0.3, -0.25) is 9.48 Å². The van der Waals surface area contributed by atoms with Crippen molar-refractivity contribution in [2.45, 2.75) is 46.2 Å². The molecule has 1 rings (SSSR count). The average Bonchev–Trinajstić information content (AvgIpc) is 2.59. The van der Waals surface area contributed by atoms with Crippen molar-refractivity contribution < 1.29 is 14.7 Å². The summed E-state index contributed by atoms with van der Waals surface area (Å²) < 4.78 is 1.72. The van der Waals surface area contributed by atoms with Gasteiger partial charge in [0.25, 0.3) is 5.91 Å². The number of hydrogen-bond acceptors (Lipinski definition) is 3. The first-order valence-electron chi connectivity index (χ1n) is 5.77. The molecule has 1 aromatic rings. The summed E-state index contributed by atoms with van der Waals surface area (Å²) in [5, 5.41) is 15.6. The lowest BCUT2D eigenvalue weighted by molar-refractivity contribution is -0.143. The van der Waals surface area contributed by atoms with Crippen molar-refractivity contribution in [3.63, 3.8) is 0 Å². The minimum atomic E-state index is -1.30. The first-order chi connectivity index (χ1) is 8.16. The van der Waals surface area contributed by atoms with Crippen LogP contribution in [-0.2, 0) is 4.79 Å². The maximum atomic E-state index is 12.0. The molecule has 0 bridgehead atoms. The largest absolute Gasteiger partial charge is 0.480 e. The number of rotatable bonds is 4. The van der Waals surface area contributed by atoms with Crippen LogP contribution in [0.3, 0.4) is 0 Å². The van der Waals surface area contributed by atoms with Crippen LogP contribution in [0.15, 0.2) is 6.20 Å². The number of nitrogens with one attached hydrogen (secondary N) is 1. The van der Waals surface area contributed by atoms with E-state index in [2.05, 4.69) is 10.4 Å². The Bertz CT molecular complexity index is 475. The zero-order valence-corrected chi connectivity index (χ0v) is 11.3. The molecule has 0 aliphatic heterocycles. The highest BCUT2D eigenvalue weighted by Crippen LogP contribution is 2.14. The molecule has 0 unspecified atom stereocenters. The standard InChI is InChI=1S/C12H19N3O3/c1-7(2)15-8(3)9(6-13-15)10(16)14-12(4,5)11(17)18/h6-7H,1-5H3,(H,14,16)(H,17,18). The van der Waals surface area contributed by atoms with E-state index in [-0.39, 0.29) is 6.04 Å². The van der Waals surface area contributed by atoms with Crippen LogP contribution in [0.5, 0.6) is 0 Å². The highest BCUT2D eigenvalue weighted by molar-refractivity contribution is 5.98. The Kier molecular flexibility index (Phi) is 3.79. The van der Waals surface area contributed by atoms with Crippen LogP contribution in [-0.4, -0.2) is 32.3 Å². The van der Waals surface area contributed by atoms with E-state index in [1.165, 1.54) is 20.0 Å². The molecular weight excluding hydrogens is 234 g/mol. The average molecular weight is 253 g/mol. The van der Waals surface area contributed by atoms with Gasteiger partial charge >= 0.3 is 5.97 Å². The van der Waals surface area contributed by atoms with Gasteiger partial charge in [-0.2, -0.15) is 5.10 Å². The molecule has 18 heavy (non-hydrogen) atoms. The third-order valence-electron chi connectivity index (χ3n) is 2.74. The van der Waals surface area contributed by atoms with Gasteiger partial charge in [-0.15, -0.1) is 0 Å². The zero-order chi connectivity index (χ0) is 14.1. The number of aliphatic carboxylic acids is 1. The molecule has 1 aromatic heterocycles. The van der Waals surface area contributed by atoms with Crippen molar-refractivity contribution in [1.29, 1.82) is 0 Å².